The number of hydrogen-bond donors (Lipinski definition) is 1. The molecule has 0 aliphatic rings. The monoisotopic (exact) mass is 483 g/mol. The van der Waals surface area contributed by atoms with Gasteiger partial charge < -0.3 is 19.3 Å². The first-order valence-electron chi connectivity index (χ1n) is 10.6. The number of esters is 1. The molecule has 3 atom stereocenters. The van der Waals surface area contributed by atoms with Crippen molar-refractivity contribution in [1.29, 1.82) is 0 Å². The number of pyridine rings is 1. The fraction of sp³-hybridized carbons (Fsp3) is 0.458. The molecular weight excluding hydrogens is 455 g/mol. The predicted octanol–water partition coefficient (Wildman–Crippen LogP) is 5.27. The second-order valence-corrected chi connectivity index (χ2v) is 8.27. The van der Waals surface area contributed by atoms with Crippen molar-refractivity contribution in [2.24, 2.45) is 11.8 Å². The molecule has 2 aromatic rings. The Morgan fingerprint density at radius 3 is 2.21 bits per heavy atom. The van der Waals surface area contributed by atoms with Gasteiger partial charge in [-0.15, -0.1) is 13.2 Å². The van der Waals surface area contributed by atoms with E-state index in [0.717, 1.165) is 0 Å². The van der Waals surface area contributed by atoms with E-state index < -0.39 is 35.9 Å². The molecule has 0 saturated carbocycles. The molecule has 34 heavy (non-hydrogen) atoms. The molecule has 186 valence electrons. The number of ether oxygens (including phenoxy) is 3. The van der Waals surface area contributed by atoms with Crippen molar-refractivity contribution in [3.05, 3.63) is 47.8 Å². The highest BCUT2D eigenvalue weighted by molar-refractivity contribution is 5.99. The van der Waals surface area contributed by atoms with Crippen LogP contribution >= 0.6 is 0 Å². The second kappa shape index (κ2) is 11.2. The summed E-state index contributed by atoms with van der Waals surface area (Å²) in [5.41, 5.74) is 0.479. The van der Waals surface area contributed by atoms with E-state index in [9.17, 15) is 27.9 Å². The standard InChI is InChI=1S/C24H28F3NO6/c1-13(2)20(16-6-8-17(9-7-16)34-24(25,26)27)15(4)33-23(31)14(3)12-18(29)21-22(30)19(32-5)10-11-28-21/h6-11,13-15,20,30H,12H2,1-5H3/t14-,15+,20-/m1/s1. The van der Waals surface area contributed by atoms with E-state index in [-0.39, 0.29) is 35.4 Å². The van der Waals surface area contributed by atoms with Crippen LogP contribution in [0.4, 0.5) is 13.2 Å². The third-order valence-electron chi connectivity index (χ3n) is 5.29. The first kappa shape index (κ1) is 26.9. The Bertz CT molecular complexity index is 991. The maximum Gasteiger partial charge on any atom is 0.573 e. The first-order valence-corrected chi connectivity index (χ1v) is 10.6. The van der Waals surface area contributed by atoms with Gasteiger partial charge in [0, 0.05) is 24.6 Å². The summed E-state index contributed by atoms with van der Waals surface area (Å²) in [6.45, 7) is 7.02. The number of benzene rings is 1. The van der Waals surface area contributed by atoms with Crippen molar-refractivity contribution >= 4 is 11.8 Å². The van der Waals surface area contributed by atoms with Crippen LogP contribution in [0.2, 0.25) is 0 Å². The molecule has 0 fully saturated rings. The minimum absolute atomic E-state index is 0.00736. The van der Waals surface area contributed by atoms with Crippen LogP contribution in [0.3, 0.4) is 0 Å². The van der Waals surface area contributed by atoms with Crippen molar-refractivity contribution in [1.82, 2.24) is 4.98 Å². The zero-order valence-corrected chi connectivity index (χ0v) is 19.6. The van der Waals surface area contributed by atoms with Crippen molar-refractivity contribution in [2.75, 3.05) is 7.11 Å². The fourth-order valence-corrected chi connectivity index (χ4v) is 3.73. The van der Waals surface area contributed by atoms with E-state index in [0.29, 0.717) is 5.56 Å². The molecule has 7 nitrogen and oxygen atoms in total. The Labute approximate surface area is 195 Å². The lowest BCUT2D eigenvalue weighted by Gasteiger charge is -2.29. The minimum atomic E-state index is -4.79. The average molecular weight is 483 g/mol. The molecule has 0 aliphatic carbocycles. The number of alkyl halides is 3. The zero-order chi connectivity index (χ0) is 25.6. The summed E-state index contributed by atoms with van der Waals surface area (Å²) in [6, 6.07) is 6.82. The molecule has 0 aliphatic heterocycles. The molecule has 0 radical (unpaired) electrons. The fourth-order valence-electron chi connectivity index (χ4n) is 3.73. The number of methoxy groups -OCH3 is 1. The van der Waals surface area contributed by atoms with Crippen LogP contribution in [0, 0.1) is 11.8 Å². The Morgan fingerprint density at radius 2 is 1.68 bits per heavy atom. The maximum atomic E-state index is 12.7. The first-order chi connectivity index (χ1) is 15.8. The number of ketones is 1. The maximum absolute atomic E-state index is 12.7. The molecule has 1 N–H and O–H groups in total. The normalized spacial score (nSPS) is 14.3. The summed E-state index contributed by atoms with van der Waals surface area (Å²) in [5, 5.41) is 10.1. The largest absolute Gasteiger partial charge is 0.573 e. The molecule has 10 heteroatoms. The van der Waals surface area contributed by atoms with Gasteiger partial charge in [-0.2, -0.15) is 0 Å². The van der Waals surface area contributed by atoms with Crippen LogP contribution in [-0.4, -0.2) is 41.4 Å². The summed E-state index contributed by atoms with van der Waals surface area (Å²) >= 11 is 0. The average Bonchev–Trinajstić information content (AvgIpc) is 2.73. The smallest absolute Gasteiger partial charge is 0.503 e. The minimum Gasteiger partial charge on any atom is -0.503 e. The lowest BCUT2D eigenvalue weighted by Crippen LogP contribution is -2.29. The van der Waals surface area contributed by atoms with E-state index in [1.54, 1.807) is 6.92 Å². The number of Topliss-reactive ketones (excluding diaryl/α,β-unsaturated/α-hetero) is 1. The Morgan fingerprint density at radius 1 is 1.06 bits per heavy atom. The van der Waals surface area contributed by atoms with Gasteiger partial charge in [-0.25, -0.2) is 4.98 Å². The molecule has 0 bridgehead atoms. The molecule has 0 spiro atoms. The summed E-state index contributed by atoms with van der Waals surface area (Å²) in [6.07, 6.45) is -4.33. The highest BCUT2D eigenvalue weighted by Gasteiger charge is 2.32. The topological polar surface area (TPSA) is 95.0 Å². The zero-order valence-electron chi connectivity index (χ0n) is 19.6. The quantitative estimate of drug-likeness (QED) is 0.363. The highest BCUT2D eigenvalue weighted by atomic mass is 19.4. The third-order valence-corrected chi connectivity index (χ3v) is 5.29. The molecule has 1 aromatic carbocycles. The van der Waals surface area contributed by atoms with Crippen LogP contribution in [-0.2, 0) is 9.53 Å². The van der Waals surface area contributed by atoms with Gasteiger partial charge >= 0.3 is 12.3 Å². The van der Waals surface area contributed by atoms with Gasteiger partial charge in [-0.3, -0.25) is 9.59 Å². The Kier molecular flexibility index (Phi) is 8.89. The number of aromatic nitrogens is 1. The van der Waals surface area contributed by atoms with Gasteiger partial charge in [0.15, 0.2) is 23.0 Å². The van der Waals surface area contributed by atoms with Crippen molar-refractivity contribution in [3.63, 3.8) is 0 Å². The van der Waals surface area contributed by atoms with Gasteiger partial charge in [-0.05, 0) is 30.5 Å². The summed E-state index contributed by atoms with van der Waals surface area (Å²) in [4.78, 5) is 29.1. The molecule has 1 heterocycles. The number of halogens is 3. The molecular formula is C24H28F3NO6. The number of nitrogens with zero attached hydrogens (tertiary/aromatic N) is 1. The summed E-state index contributed by atoms with van der Waals surface area (Å²) in [5.74, 6) is -2.96. The van der Waals surface area contributed by atoms with Gasteiger partial charge in [-0.1, -0.05) is 32.9 Å². The van der Waals surface area contributed by atoms with Crippen molar-refractivity contribution in [2.45, 2.75) is 52.5 Å². The Hall–Kier alpha value is -3.30. The van der Waals surface area contributed by atoms with E-state index in [4.69, 9.17) is 9.47 Å². The molecule has 2 rings (SSSR count). The van der Waals surface area contributed by atoms with Gasteiger partial charge in [0.25, 0.3) is 0 Å². The number of hydrogen-bond acceptors (Lipinski definition) is 7. The molecule has 0 saturated heterocycles. The van der Waals surface area contributed by atoms with Crippen LogP contribution < -0.4 is 9.47 Å². The van der Waals surface area contributed by atoms with Crippen molar-refractivity contribution in [3.8, 4) is 17.2 Å². The van der Waals surface area contributed by atoms with Crippen LogP contribution in [0.5, 0.6) is 17.2 Å². The summed E-state index contributed by atoms with van der Waals surface area (Å²) in [7, 11) is 1.34. The number of carbonyl (C=O) groups excluding carboxylic acids is 2. The van der Waals surface area contributed by atoms with E-state index in [1.807, 2.05) is 13.8 Å². The SMILES string of the molecule is COc1ccnc(C(=O)C[C@@H](C)C(=O)O[C@@H](C)[C@H](c2ccc(OC(F)(F)F)cc2)C(C)C)c1O. The molecule has 0 unspecified atom stereocenters. The van der Waals surface area contributed by atoms with E-state index in [2.05, 4.69) is 9.72 Å². The summed E-state index contributed by atoms with van der Waals surface area (Å²) < 4.78 is 51.7. The predicted molar refractivity (Wildman–Crippen MR) is 117 cm³/mol. The molecule has 0 amide bonds. The van der Waals surface area contributed by atoms with Crippen LogP contribution in [0.1, 0.15) is 56.1 Å². The van der Waals surface area contributed by atoms with E-state index in [1.165, 1.54) is 50.6 Å². The Balaban J connectivity index is 2.07. The van der Waals surface area contributed by atoms with Crippen LogP contribution in [0.25, 0.3) is 0 Å². The van der Waals surface area contributed by atoms with Gasteiger partial charge in [0.2, 0.25) is 0 Å². The highest BCUT2D eigenvalue weighted by Crippen LogP contribution is 2.33. The number of rotatable bonds is 10. The van der Waals surface area contributed by atoms with E-state index >= 15 is 0 Å². The van der Waals surface area contributed by atoms with Gasteiger partial charge in [0.1, 0.15) is 11.9 Å². The van der Waals surface area contributed by atoms with Crippen molar-refractivity contribution < 1.29 is 42.1 Å². The lowest BCUT2D eigenvalue weighted by molar-refractivity contribution is -0.274. The number of carbonyl (C=O) groups is 2. The van der Waals surface area contributed by atoms with Gasteiger partial charge in [0.05, 0.1) is 13.0 Å². The lowest BCUT2D eigenvalue weighted by atomic mass is 9.84. The molecule has 1 aromatic heterocycles. The third kappa shape index (κ3) is 7.10. The second-order valence-electron chi connectivity index (χ2n) is 8.27. The van der Waals surface area contributed by atoms with Crippen LogP contribution in [0.15, 0.2) is 36.5 Å². The number of aromatic hydroxyl groups is 1.